The smallest absolute Gasteiger partial charge is 0.155 e. The van der Waals surface area contributed by atoms with Gasteiger partial charge in [0.2, 0.25) is 0 Å². The summed E-state index contributed by atoms with van der Waals surface area (Å²) in [6, 6.07) is 7.91. The van der Waals surface area contributed by atoms with Gasteiger partial charge in [0.15, 0.2) is 5.82 Å². The van der Waals surface area contributed by atoms with Gasteiger partial charge in [-0.05, 0) is 38.0 Å². The topological polar surface area (TPSA) is 55.6 Å². The molecule has 0 aliphatic carbocycles. The number of aryl methyl sites for hydroxylation is 2. The van der Waals surface area contributed by atoms with E-state index >= 15 is 0 Å². The lowest BCUT2D eigenvalue weighted by molar-refractivity contribution is 0.675. The number of hydrogen-bond acceptors (Lipinski definition) is 4. The minimum atomic E-state index is 0.761. The van der Waals surface area contributed by atoms with Gasteiger partial charge >= 0.3 is 0 Å². The van der Waals surface area contributed by atoms with Crippen molar-refractivity contribution in [2.45, 2.75) is 26.8 Å². The number of nitrogens with one attached hydrogen (secondary N) is 1. The molecule has 6 heteroatoms. The van der Waals surface area contributed by atoms with Gasteiger partial charge < -0.3 is 5.32 Å². The van der Waals surface area contributed by atoms with Crippen molar-refractivity contribution in [1.29, 1.82) is 0 Å². The molecule has 0 radical (unpaired) electrons. The van der Waals surface area contributed by atoms with Gasteiger partial charge in [-0.3, -0.25) is 4.68 Å². The van der Waals surface area contributed by atoms with Crippen LogP contribution in [0.15, 0.2) is 30.6 Å². The predicted octanol–water partition coefficient (Wildman–Crippen LogP) is 3.46. The number of benzene rings is 1. The zero-order valence-electron chi connectivity index (χ0n) is 12.7. The molecule has 0 unspecified atom stereocenters. The van der Waals surface area contributed by atoms with Crippen LogP contribution in [-0.2, 0) is 13.0 Å². The number of aromatic nitrogens is 4. The van der Waals surface area contributed by atoms with Crippen LogP contribution in [0.4, 0.5) is 5.82 Å². The molecule has 0 aliphatic rings. The molecule has 3 rings (SSSR count). The van der Waals surface area contributed by atoms with E-state index in [1.807, 2.05) is 35.9 Å². The monoisotopic (exact) mass is 315 g/mol. The molecule has 1 N–H and O–H groups in total. The van der Waals surface area contributed by atoms with Crippen molar-refractivity contribution in [3.8, 4) is 0 Å². The summed E-state index contributed by atoms with van der Waals surface area (Å²) in [6.45, 7) is 5.63. The maximum Gasteiger partial charge on any atom is 0.155 e. The van der Waals surface area contributed by atoms with Crippen LogP contribution in [0.3, 0.4) is 0 Å². The van der Waals surface area contributed by atoms with Crippen molar-refractivity contribution in [3.63, 3.8) is 0 Å². The Bertz CT molecular complexity index is 779. The summed E-state index contributed by atoms with van der Waals surface area (Å²) in [4.78, 5) is 8.71. The molecule has 0 atom stereocenters. The number of nitrogens with zero attached hydrogens (tertiary/aromatic N) is 4. The van der Waals surface area contributed by atoms with Crippen LogP contribution in [0.25, 0.3) is 11.0 Å². The van der Waals surface area contributed by atoms with E-state index < -0.39 is 0 Å². The Hall–Kier alpha value is -2.14. The summed E-state index contributed by atoms with van der Waals surface area (Å²) in [5.74, 6) is 0.835. The molecule has 114 valence electrons. The Balaban J connectivity index is 1.77. The molecular weight excluding hydrogens is 298 g/mol. The molecule has 3 aromatic rings. The minimum Gasteiger partial charge on any atom is -0.368 e. The van der Waals surface area contributed by atoms with Crippen molar-refractivity contribution in [2.75, 3.05) is 11.9 Å². The second-order valence-electron chi connectivity index (χ2n) is 5.12. The lowest BCUT2D eigenvalue weighted by Gasteiger charge is -2.08. The first-order chi connectivity index (χ1) is 10.7. The molecule has 0 fully saturated rings. The largest absolute Gasteiger partial charge is 0.368 e. The second-order valence-corrected chi connectivity index (χ2v) is 5.56. The molecule has 1 aromatic carbocycles. The predicted molar refractivity (Wildman–Crippen MR) is 89.4 cm³/mol. The summed E-state index contributed by atoms with van der Waals surface area (Å²) < 4.78 is 1.94. The number of hydrogen-bond donors (Lipinski definition) is 1. The van der Waals surface area contributed by atoms with E-state index in [1.165, 1.54) is 5.56 Å². The van der Waals surface area contributed by atoms with Crippen LogP contribution in [0, 0.1) is 6.92 Å². The Morgan fingerprint density at radius 3 is 2.68 bits per heavy atom. The fraction of sp³-hybridized carbons (Fsp3) is 0.312. The zero-order valence-corrected chi connectivity index (χ0v) is 13.4. The third-order valence-corrected chi connectivity index (χ3v) is 3.86. The highest BCUT2D eigenvalue weighted by molar-refractivity contribution is 6.30. The highest BCUT2D eigenvalue weighted by Gasteiger charge is 2.12. The third kappa shape index (κ3) is 2.90. The Morgan fingerprint density at radius 2 is 1.95 bits per heavy atom. The van der Waals surface area contributed by atoms with Crippen molar-refractivity contribution >= 4 is 28.5 Å². The van der Waals surface area contributed by atoms with Crippen molar-refractivity contribution in [2.24, 2.45) is 0 Å². The van der Waals surface area contributed by atoms with Crippen LogP contribution in [-0.4, -0.2) is 26.3 Å². The summed E-state index contributed by atoms with van der Waals surface area (Å²) in [6.07, 6.45) is 2.49. The first-order valence-corrected chi connectivity index (χ1v) is 7.73. The number of halogens is 1. The summed E-state index contributed by atoms with van der Waals surface area (Å²) in [5, 5.41) is 8.66. The average Bonchev–Trinajstić information content (AvgIpc) is 2.87. The fourth-order valence-corrected chi connectivity index (χ4v) is 2.63. The van der Waals surface area contributed by atoms with E-state index in [-0.39, 0.29) is 0 Å². The van der Waals surface area contributed by atoms with E-state index in [9.17, 15) is 0 Å². The summed E-state index contributed by atoms with van der Waals surface area (Å²) >= 11 is 5.90. The molecule has 0 saturated carbocycles. The fourth-order valence-electron chi connectivity index (χ4n) is 2.50. The number of anilines is 1. The van der Waals surface area contributed by atoms with Crippen molar-refractivity contribution in [1.82, 2.24) is 19.7 Å². The Kier molecular flexibility index (Phi) is 4.24. The molecular formula is C16H18ClN5. The van der Waals surface area contributed by atoms with Crippen LogP contribution in [0.2, 0.25) is 5.02 Å². The van der Waals surface area contributed by atoms with Gasteiger partial charge in [-0.15, -0.1) is 0 Å². The highest BCUT2D eigenvalue weighted by atomic mass is 35.5. The van der Waals surface area contributed by atoms with Crippen LogP contribution in [0.5, 0.6) is 0 Å². The van der Waals surface area contributed by atoms with E-state index in [0.717, 1.165) is 47.1 Å². The van der Waals surface area contributed by atoms with E-state index in [0.29, 0.717) is 0 Å². The first-order valence-electron chi connectivity index (χ1n) is 7.35. The van der Waals surface area contributed by atoms with E-state index in [1.54, 1.807) is 6.33 Å². The standard InChI is InChI=1S/C16H18ClN5/c1-3-22-15-14(11(2)21-22)19-10-20-16(15)18-9-8-12-4-6-13(17)7-5-12/h4-7,10H,3,8-9H2,1-2H3,(H,18,19,20). The van der Waals surface area contributed by atoms with Gasteiger partial charge in [0, 0.05) is 18.1 Å². The second kappa shape index (κ2) is 6.32. The lowest BCUT2D eigenvalue weighted by Crippen LogP contribution is -2.09. The first kappa shape index (κ1) is 14.8. The third-order valence-electron chi connectivity index (χ3n) is 3.61. The molecule has 0 amide bonds. The Labute approximate surface area is 134 Å². The molecule has 0 spiro atoms. The summed E-state index contributed by atoms with van der Waals surface area (Å²) in [5.41, 5.74) is 4.05. The molecule has 0 bridgehead atoms. The van der Waals surface area contributed by atoms with Gasteiger partial charge in [-0.1, -0.05) is 23.7 Å². The van der Waals surface area contributed by atoms with Crippen LogP contribution < -0.4 is 5.32 Å². The maximum atomic E-state index is 5.90. The van der Waals surface area contributed by atoms with Crippen molar-refractivity contribution < 1.29 is 0 Å². The van der Waals surface area contributed by atoms with E-state index in [4.69, 9.17) is 11.6 Å². The minimum absolute atomic E-state index is 0.761. The summed E-state index contributed by atoms with van der Waals surface area (Å²) in [7, 11) is 0. The molecule has 2 heterocycles. The molecule has 5 nitrogen and oxygen atoms in total. The van der Waals surface area contributed by atoms with Crippen LogP contribution >= 0.6 is 11.6 Å². The van der Waals surface area contributed by atoms with Gasteiger partial charge in [0.05, 0.1) is 5.69 Å². The van der Waals surface area contributed by atoms with E-state index in [2.05, 4.69) is 27.3 Å². The average molecular weight is 316 g/mol. The van der Waals surface area contributed by atoms with Crippen molar-refractivity contribution in [3.05, 3.63) is 46.9 Å². The number of fused-ring (bicyclic) bond motifs is 1. The van der Waals surface area contributed by atoms with Crippen LogP contribution in [0.1, 0.15) is 18.2 Å². The van der Waals surface area contributed by atoms with Gasteiger partial charge in [0.25, 0.3) is 0 Å². The number of rotatable bonds is 5. The normalized spacial score (nSPS) is 11.0. The lowest BCUT2D eigenvalue weighted by atomic mass is 10.1. The quantitative estimate of drug-likeness (QED) is 0.783. The van der Waals surface area contributed by atoms with Gasteiger partial charge in [-0.25, -0.2) is 9.97 Å². The molecule has 0 saturated heterocycles. The molecule has 22 heavy (non-hydrogen) atoms. The zero-order chi connectivity index (χ0) is 15.5. The SMILES string of the molecule is CCn1nc(C)c2ncnc(NCCc3ccc(Cl)cc3)c21. The molecule has 0 aliphatic heterocycles. The molecule has 2 aromatic heterocycles. The van der Waals surface area contributed by atoms with Gasteiger partial charge in [-0.2, -0.15) is 5.10 Å². The maximum absolute atomic E-state index is 5.90. The Morgan fingerprint density at radius 1 is 1.18 bits per heavy atom. The van der Waals surface area contributed by atoms with Gasteiger partial charge in [0.1, 0.15) is 17.4 Å². The highest BCUT2D eigenvalue weighted by Crippen LogP contribution is 2.21.